The Balaban J connectivity index is 1.41. The van der Waals surface area contributed by atoms with Crippen molar-refractivity contribution in [2.24, 2.45) is 57.0 Å². The molecule has 1 saturated heterocycles. The SMILES string of the molecule is CC(C)[C@H](N)C(=O)O[C@H]1CC[C@]2(C)[C@H]3C[C@@H](O)[C@@H]4[C@@H]([C@]5(C)CC[C@@H](C(C)(C)O)O5)CC[C@@]4(C)[C@]3(C)CC[C@H]2C1(C)C. The zero-order valence-corrected chi connectivity index (χ0v) is 27.8. The van der Waals surface area contributed by atoms with E-state index in [9.17, 15) is 15.0 Å². The number of rotatable bonds is 5. The molecular formula is C35H61NO5. The van der Waals surface area contributed by atoms with Crippen LogP contribution in [0.1, 0.15) is 127 Å². The molecule has 5 fully saturated rings. The Kier molecular flexibility index (Phi) is 7.67. The smallest absolute Gasteiger partial charge is 0.323 e. The number of carbonyl (C=O) groups excluding carboxylic acids is 1. The summed E-state index contributed by atoms with van der Waals surface area (Å²) in [5.74, 6) is 1.13. The minimum atomic E-state index is -0.852. The van der Waals surface area contributed by atoms with Crippen molar-refractivity contribution in [3.05, 3.63) is 0 Å². The maximum Gasteiger partial charge on any atom is 0.323 e. The van der Waals surface area contributed by atoms with Gasteiger partial charge in [-0.15, -0.1) is 0 Å². The molecule has 0 spiro atoms. The number of ether oxygens (including phenoxy) is 2. The van der Waals surface area contributed by atoms with Crippen LogP contribution >= 0.6 is 0 Å². The topological polar surface area (TPSA) is 102 Å². The summed E-state index contributed by atoms with van der Waals surface area (Å²) in [7, 11) is 0. The first-order valence-electron chi connectivity index (χ1n) is 16.8. The zero-order valence-electron chi connectivity index (χ0n) is 27.8. The Hall–Kier alpha value is -0.690. The Morgan fingerprint density at radius 1 is 0.927 bits per heavy atom. The summed E-state index contributed by atoms with van der Waals surface area (Å²) in [5, 5.41) is 22.8. The zero-order chi connectivity index (χ0) is 30.6. The third-order valence-electron chi connectivity index (χ3n) is 14.5. The van der Waals surface area contributed by atoms with Gasteiger partial charge in [-0.25, -0.2) is 0 Å². The molecule has 4 saturated carbocycles. The Morgan fingerprint density at radius 3 is 2.15 bits per heavy atom. The predicted molar refractivity (Wildman–Crippen MR) is 162 cm³/mol. The van der Waals surface area contributed by atoms with Gasteiger partial charge in [0.05, 0.1) is 23.4 Å². The van der Waals surface area contributed by atoms with Gasteiger partial charge in [-0.1, -0.05) is 48.5 Å². The van der Waals surface area contributed by atoms with Crippen LogP contribution < -0.4 is 5.73 Å². The molecule has 5 aliphatic rings. The van der Waals surface area contributed by atoms with Crippen molar-refractivity contribution in [1.82, 2.24) is 0 Å². The van der Waals surface area contributed by atoms with Crippen molar-refractivity contribution >= 4 is 5.97 Å². The van der Waals surface area contributed by atoms with E-state index in [-0.39, 0.29) is 63.4 Å². The summed E-state index contributed by atoms with van der Waals surface area (Å²) in [6, 6.07) is -0.584. The van der Waals surface area contributed by atoms with E-state index >= 15 is 0 Å². The van der Waals surface area contributed by atoms with Gasteiger partial charge in [0.2, 0.25) is 0 Å². The van der Waals surface area contributed by atoms with Crippen molar-refractivity contribution in [3.8, 4) is 0 Å². The van der Waals surface area contributed by atoms with Gasteiger partial charge < -0.3 is 25.4 Å². The van der Waals surface area contributed by atoms with E-state index in [4.69, 9.17) is 15.2 Å². The van der Waals surface area contributed by atoms with E-state index in [1.807, 2.05) is 27.7 Å². The molecule has 0 radical (unpaired) electrons. The fourth-order valence-corrected chi connectivity index (χ4v) is 11.8. The van der Waals surface area contributed by atoms with Gasteiger partial charge in [-0.2, -0.15) is 0 Å². The summed E-state index contributed by atoms with van der Waals surface area (Å²) in [6.45, 7) is 22.1. The molecule has 12 atom stereocenters. The quantitative estimate of drug-likeness (QED) is 0.335. The number of hydrogen-bond donors (Lipinski definition) is 3. The van der Waals surface area contributed by atoms with Gasteiger partial charge in [-0.3, -0.25) is 4.79 Å². The fourth-order valence-electron chi connectivity index (χ4n) is 11.8. The second-order valence-corrected chi connectivity index (χ2v) is 17.6. The average molecular weight is 576 g/mol. The fraction of sp³-hybridized carbons (Fsp3) is 0.971. The first kappa shape index (κ1) is 31.7. The van der Waals surface area contributed by atoms with E-state index in [0.717, 1.165) is 57.8 Å². The Morgan fingerprint density at radius 2 is 1.56 bits per heavy atom. The van der Waals surface area contributed by atoms with Crippen LogP contribution in [0.15, 0.2) is 0 Å². The summed E-state index contributed by atoms with van der Waals surface area (Å²) in [4.78, 5) is 12.9. The molecule has 6 nitrogen and oxygen atoms in total. The molecule has 0 amide bonds. The lowest BCUT2D eigenvalue weighted by Crippen LogP contribution is -2.67. The van der Waals surface area contributed by atoms with Gasteiger partial charge in [0.1, 0.15) is 12.1 Å². The summed E-state index contributed by atoms with van der Waals surface area (Å²) in [5.41, 5.74) is 5.10. The third kappa shape index (κ3) is 4.58. The molecule has 1 aliphatic heterocycles. The highest BCUT2D eigenvalue weighted by Gasteiger charge is 2.72. The molecule has 6 heteroatoms. The van der Waals surface area contributed by atoms with E-state index in [0.29, 0.717) is 17.8 Å². The number of esters is 1. The van der Waals surface area contributed by atoms with Gasteiger partial charge in [-0.05, 0) is 124 Å². The molecule has 4 N–H and O–H groups in total. The Labute approximate surface area is 249 Å². The lowest BCUT2D eigenvalue weighted by atomic mass is 9.35. The van der Waals surface area contributed by atoms with Crippen LogP contribution in [0.25, 0.3) is 0 Å². The molecule has 0 aromatic rings. The molecule has 5 rings (SSSR count). The highest BCUT2D eigenvalue weighted by molar-refractivity contribution is 5.76. The molecule has 236 valence electrons. The third-order valence-corrected chi connectivity index (χ3v) is 14.5. The van der Waals surface area contributed by atoms with Crippen LogP contribution in [0.5, 0.6) is 0 Å². The van der Waals surface area contributed by atoms with Gasteiger partial charge in [0.15, 0.2) is 0 Å². The first-order chi connectivity index (χ1) is 18.7. The highest BCUT2D eigenvalue weighted by Crippen LogP contribution is 2.76. The molecule has 0 bridgehead atoms. The molecular weight excluding hydrogens is 514 g/mol. The monoisotopic (exact) mass is 575 g/mol. The molecule has 0 aromatic carbocycles. The molecule has 41 heavy (non-hydrogen) atoms. The summed E-state index contributed by atoms with van der Waals surface area (Å²) in [6.07, 6.45) is 8.35. The van der Waals surface area contributed by atoms with E-state index in [2.05, 4.69) is 41.5 Å². The standard InChI is InChI=1S/C35H61NO5/c1-20(2)28(36)29(38)40-25-13-15-32(7)23(30(25,3)4)12-17-33(8)24(32)19-22(37)27-21(11-16-34(27,33)9)35(10)18-14-26(41-35)31(5,6)39/h20-28,37,39H,11-19,36H2,1-10H3/t21-,22+,23-,24+,25-,26-,27-,28-,32-,33+,34+,35-/m0/s1. The maximum atomic E-state index is 12.9. The Bertz CT molecular complexity index is 1020. The van der Waals surface area contributed by atoms with Crippen molar-refractivity contribution in [3.63, 3.8) is 0 Å². The lowest BCUT2D eigenvalue weighted by Gasteiger charge is -2.70. The molecule has 1 heterocycles. The van der Waals surface area contributed by atoms with Crippen molar-refractivity contribution in [2.75, 3.05) is 0 Å². The minimum Gasteiger partial charge on any atom is -0.461 e. The maximum absolute atomic E-state index is 12.9. The number of hydrogen-bond acceptors (Lipinski definition) is 6. The number of aliphatic hydroxyl groups excluding tert-OH is 1. The van der Waals surface area contributed by atoms with Crippen LogP contribution in [0.2, 0.25) is 0 Å². The predicted octanol–water partition coefficient (Wildman–Crippen LogP) is 6.25. The molecule has 0 aromatic heterocycles. The largest absolute Gasteiger partial charge is 0.461 e. The van der Waals surface area contributed by atoms with E-state index in [1.54, 1.807) is 0 Å². The summed E-state index contributed by atoms with van der Waals surface area (Å²) < 4.78 is 12.9. The molecule has 4 aliphatic carbocycles. The van der Waals surface area contributed by atoms with Crippen LogP contribution in [-0.2, 0) is 14.3 Å². The lowest BCUT2D eigenvalue weighted by molar-refractivity contribution is -0.251. The van der Waals surface area contributed by atoms with Crippen LogP contribution in [0, 0.1) is 51.2 Å². The van der Waals surface area contributed by atoms with Crippen LogP contribution in [-0.4, -0.2) is 51.7 Å². The number of nitrogens with two attached hydrogens (primary N) is 1. The van der Waals surface area contributed by atoms with Crippen molar-refractivity contribution in [1.29, 1.82) is 0 Å². The van der Waals surface area contributed by atoms with Crippen molar-refractivity contribution in [2.45, 2.75) is 163 Å². The van der Waals surface area contributed by atoms with E-state index in [1.165, 1.54) is 0 Å². The second kappa shape index (κ2) is 9.91. The minimum absolute atomic E-state index is 0.0324. The van der Waals surface area contributed by atoms with E-state index < -0.39 is 11.6 Å². The van der Waals surface area contributed by atoms with Gasteiger partial charge in [0.25, 0.3) is 0 Å². The van der Waals surface area contributed by atoms with Crippen LogP contribution in [0.3, 0.4) is 0 Å². The van der Waals surface area contributed by atoms with Crippen molar-refractivity contribution < 1.29 is 24.5 Å². The number of aliphatic hydroxyl groups is 2. The summed E-state index contributed by atoms with van der Waals surface area (Å²) >= 11 is 0. The first-order valence-corrected chi connectivity index (χ1v) is 16.8. The second-order valence-electron chi connectivity index (χ2n) is 17.6. The molecule has 0 unspecified atom stereocenters. The van der Waals surface area contributed by atoms with Gasteiger partial charge >= 0.3 is 5.97 Å². The number of carbonyl (C=O) groups is 1. The van der Waals surface area contributed by atoms with Gasteiger partial charge in [0, 0.05) is 5.41 Å². The average Bonchev–Trinajstić information content (AvgIpc) is 3.45. The number of fused-ring (bicyclic) bond motifs is 5. The normalized spacial score (nSPS) is 50.1. The highest BCUT2D eigenvalue weighted by atomic mass is 16.5. The van der Waals surface area contributed by atoms with Crippen LogP contribution in [0.4, 0.5) is 0 Å².